The molecule has 1 aliphatic heterocycles. The number of nitrogens with one attached hydrogen (secondary N) is 2. The van der Waals surface area contributed by atoms with Crippen LogP contribution >= 0.6 is 0 Å². The lowest BCUT2D eigenvalue weighted by atomic mass is 10.0. The maximum atomic E-state index is 11.9. The predicted molar refractivity (Wildman–Crippen MR) is 78.4 cm³/mol. The van der Waals surface area contributed by atoms with E-state index in [0.29, 0.717) is 17.8 Å². The minimum atomic E-state index is -0.463. The smallest absolute Gasteiger partial charge is 0.319 e. The van der Waals surface area contributed by atoms with Gasteiger partial charge in [-0.05, 0) is 38.3 Å². The van der Waals surface area contributed by atoms with Crippen molar-refractivity contribution < 1.29 is 14.5 Å². The lowest BCUT2D eigenvalue weighted by molar-refractivity contribution is -0.384. The van der Waals surface area contributed by atoms with Gasteiger partial charge >= 0.3 is 6.03 Å². The van der Waals surface area contributed by atoms with Gasteiger partial charge in [0.25, 0.3) is 5.69 Å². The molecule has 1 fully saturated rings. The monoisotopic (exact) mass is 293 g/mol. The van der Waals surface area contributed by atoms with E-state index < -0.39 is 4.92 Å². The number of ether oxygens (including phenoxy) is 1. The molecule has 1 aromatic rings. The molecule has 1 atom stereocenters. The average Bonchev–Trinajstić information content (AvgIpc) is 2.86. The first-order valence-corrected chi connectivity index (χ1v) is 6.83. The molecule has 21 heavy (non-hydrogen) atoms. The Morgan fingerprint density at radius 1 is 1.52 bits per heavy atom. The largest absolute Gasteiger partial charge is 0.373 e. The summed E-state index contributed by atoms with van der Waals surface area (Å²) in [7, 11) is 0. The van der Waals surface area contributed by atoms with Crippen molar-refractivity contribution in [3.63, 3.8) is 0 Å². The van der Waals surface area contributed by atoms with E-state index in [1.165, 1.54) is 18.2 Å². The molecule has 2 rings (SSSR count). The van der Waals surface area contributed by atoms with Crippen molar-refractivity contribution in [2.75, 3.05) is 18.5 Å². The number of nitrogens with zero attached hydrogens (tertiary/aromatic N) is 1. The minimum absolute atomic E-state index is 0.00493. The molecule has 1 heterocycles. The van der Waals surface area contributed by atoms with Crippen LogP contribution in [0, 0.1) is 17.0 Å². The fourth-order valence-electron chi connectivity index (χ4n) is 2.31. The average molecular weight is 293 g/mol. The molecule has 7 heteroatoms. The van der Waals surface area contributed by atoms with Gasteiger partial charge in [-0.25, -0.2) is 4.79 Å². The van der Waals surface area contributed by atoms with Crippen molar-refractivity contribution >= 4 is 17.4 Å². The third-order valence-corrected chi connectivity index (χ3v) is 3.59. The van der Waals surface area contributed by atoms with Gasteiger partial charge in [0.15, 0.2) is 0 Å². The predicted octanol–water partition coefficient (Wildman–Crippen LogP) is 2.59. The van der Waals surface area contributed by atoms with Crippen LogP contribution in [0.3, 0.4) is 0 Å². The lowest BCUT2D eigenvalue weighted by Gasteiger charge is -2.23. The van der Waals surface area contributed by atoms with Crippen molar-refractivity contribution in [2.24, 2.45) is 0 Å². The van der Waals surface area contributed by atoms with Crippen LogP contribution in [0.15, 0.2) is 18.2 Å². The molecule has 1 saturated heterocycles. The van der Waals surface area contributed by atoms with E-state index in [0.717, 1.165) is 19.4 Å². The number of urea groups is 1. The Labute approximate surface area is 122 Å². The third-order valence-electron chi connectivity index (χ3n) is 3.59. The highest BCUT2D eigenvalue weighted by Gasteiger charge is 2.30. The van der Waals surface area contributed by atoms with Gasteiger partial charge < -0.3 is 15.4 Å². The second kappa shape index (κ2) is 6.09. The number of aryl methyl sites for hydroxylation is 1. The van der Waals surface area contributed by atoms with Crippen LogP contribution in [0.25, 0.3) is 0 Å². The second-order valence-corrected chi connectivity index (χ2v) is 5.47. The van der Waals surface area contributed by atoms with Gasteiger partial charge in [-0.1, -0.05) is 0 Å². The molecule has 0 aromatic heterocycles. The van der Waals surface area contributed by atoms with Crippen LogP contribution in [0.5, 0.6) is 0 Å². The van der Waals surface area contributed by atoms with Crippen LogP contribution in [-0.4, -0.2) is 29.7 Å². The molecule has 0 unspecified atom stereocenters. The number of anilines is 1. The zero-order chi connectivity index (χ0) is 15.5. The fraction of sp³-hybridized carbons (Fsp3) is 0.500. The molecule has 114 valence electrons. The van der Waals surface area contributed by atoms with Crippen LogP contribution in [0.1, 0.15) is 25.3 Å². The number of carbonyl (C=O) groups is 1. The van der Waals surface area contributed by atoms with Crippen molar-refractivity contribution in [1.82, 2.24) is 5.32 Å². The van der Waals surface area contributed by atoms with Crippen LogP contribution in [0.2, 0.25) is 0 Å². The summed E-state index contributed by atoms with van der Waals surface area (Å²) in [6.45, 7) is 4.84. The van der Waals surface area contributed by atoms with E-state index in [9.17, 15) is 14.9 Å². The van der Waals surface area contributed by atoms with E-state index >= 15 is 0 Å². The summed E-state index contributed by atoms with van der Waals surface area (Å²) in [5.41, 5.74) is 0.894. The molecular formula is C14H19N3O4. The number of carbonyl (C=O) groups excluding carboxylic acids is 1. The number of amides is 2. The number of benzene rings is 1. The van der Waals surface area contributed by atoms with E-state index in [4.69, 9.17) is 4.74 Å². The van der Waals surface area contributed by atoms with Crippen LogP contribution in [0.4, 0.5) is 16.2 Å². The van der Waals surface area contributed by atoms with Crippen LogP contribution in [-0.2, 0) is 4.74 Å². The van der Waals surface area contributed by atoms with Gasteiger partial charge in [0.05, 0.1) is 10.5 Å². The SMILES string of the molecule is Cc1cc([N+](=O)[O-])ccc1NC(=O)NC[C@@]1(C)CCCO1. The molecule has 0 spiro atoms. The molecule has 0 bridgehead atoms. The molecule has 1 aliphatic rings. The normalized spacial score (nSPS) is 21.0. The summed E-state index contributed by atoms with van der Waals surface area (Å²) in [6.07, 6.45) is 1.92. The lowest BCUT2D eigenvalue weighted by Crippen LogP contribution is -2.41. The molecule has 1 aromatic carbocycles. The number of hydrogen-bond acceptors (Lipinski definition) is 4. The second-order valence-electron chi connectivity index (χ2n) is 5.47. The molecule has 7 nitrogen and oxygen atoms in total. The maximum absolute atomic E-state index is 11.9. The highest BCUT2D eigenvalue weighted by Crippen LogP contribution is 2.24. The number of hydrogen-bond donors (Lipinski definition) is 2. The number of nitro groups is 1. The molecular weight excluding hydrogens is 274 g/mol. The van der Waals surface area contributed by atoms with E-state index in [-0.39, 0.29) is 17.3 Å². The molecule has 2 amide bonds. The molecule has 0 aliphatic carbocycles. The summed E-state index contributed by atoms with van der Waals surface area (Å²) >= 11 is 0. The highest BCUT2D eigenvalue weighted by molar-refractivity contribution is 5.90. The van der Waals surface area contributed by atoms with Gasteiger partial charge in [0.1, 0.15) is 0 Å². The highest BCUT2D eigenvalue weighted by atomic mass is 16.6. The Morgan fingerprint density at radius 2 is 2.29 bits per heavy atom. The quantitative estimate of drug-likeness (QED) is 0.659. The van der Waals surface area contributed by atoms with E-state index in [1.54, 1.807) is 6.92 Å². The zero-order valence-electron chi connectivity index (χ0n) is 12.1. The Hall–Kier alpha value is -2.15. The van der Waals surface area contributed by atoms with Crippen molar-refractivity contribution in [3.8, 4) is 0 Å². The Bertz CT molecular complexity index is 553. The van der Waals surface area contributed by atoms with Crippen molar-refractivity contribution in [1.29, 1.82) is 0 Å². The van der Waals surface area contributed by atoms with Gasteiger partial charge in [0, 0.05) is 31.0 Å². The van der Waals surface area contributed by atoms with Gasteiger partial charge in [-0.2, -0.15) is 0 Å². The first-order chi connectivity index (χ1) is 9.89. The first kappa shape index (κ1) is 15.2. The number of rotatable bonds is 4. The third kappa shape index (κ3) is 3.91. The summed E-state index contributed by atoms with van der Waals surface area (Å²) < 4.78 is 5.59. The van der Waals surface area contributed by atoms with Crippen molar-refractivity contribution in [2.45, 2.75) is 32.3 Å². The summed E-state index contributed by atoms with van der Waals surface area (Å²) in [4.78, 5) is 22.1. The van der Waals surface area contributed by atoms with Gasteiger partial charge in [-0.15, -0.1) is 0 Å². The topological polar surface area (TPSA) is 93.5 Å². The van der Waals surface area contributed by atoms with Crippen LogP contribution < -0.4 is 10.6 Å². The van der Waals surface area contributed by atoms with Gasteiger partial charge in [-0.3, -0.25) is 10.1 Å². The van der Waals surface area contributed by atoms with E-state index in [1.807, 2.05) is 6.92 Å². The zero-order valence-corrected chi connectivity index (χ0v) is 12.1. The maximum Gasteiger partial charge on any atom is 0.319 e. The Kier molecular flexibility index (Phi) is 4.42. The Balaban J connectivity index is 1.92. The number of nitro benzene ring substituents is 1. The summed E-state index contributed by atoms with van der Waals surface area (Å²) in [6, 6.07) is 3.98. The fourth-order valence-corrected chi connectivity index (χ4v) is 2.31. The Morgan fingerprint density at radius 3 is 2.86 bits per heavy atom. The minimum Gasteiger partial charge on any atom is -0.373 e. The summed E-state index contributed by atoms with van der Waals surface area (Å²) in [5, 5.41) is 16.1. The molecule has 2 N–H and O–H groups in total. The molecule has 0 saturated carbocycles. The van der Waals surface area contributed by atoms with Crippen molar-refractivity contribution in [3.05, 3.63) is 33.9 Å². The standard InChI is InChI=1S/C14H19N3O4/c1-10-8-11(17(19)20)4-5-12(10)16-13(18)15-9-14(2)6-3-7-21-14/h4-5,8H,3,6-7,9H2,1-2H3,(H2,15,16,18)/t14-/m1/s1. The first-order valence-electron chi connectivity index (χ1n) is 6.83. The van der Waals surface area contributed by atoms with E-state index in [2.05, 4.69) is 10.6 Å². The number of non-ortho nitro benzene ring substituents is 1. The molecule has 0 radical (unpaired) electrons. The summed E-state index contributed by atoms with van der Waals surface area (Å²) in [5.74, 6) is 0. The van der Waals surface area contributed by atoms with Gasteiger partial charge in [0.2, 0.25) is 0 Å².